The molecular formula is C16H19N3O2. The first-order chi connectivity index (χ1) is 10.2. The van der Waals surface area contributed by atoms with Gasteiger partial charge in [0.15, 0.2) is 0 Å². The first-order valence-electron chi connectivity index (χ1n) is 7.30. The summed E-state index contributed by atoms with van der Waals surface area (Å²) < 4.78 is 1.82. The Balaban J connectivity index is 1.94. The van der Waals surface area contributed by atoms with Gasteiger partial charge in [-0.3, -0.25) is 4.79 Å². The molecule has 5 nitrogen and oxygen atoms in total. The average molecular weight is 285 g/mol. The quantitative estimate of drug-likeness (QED) is 0.932. The van der Waals surface area contributed by atoms with Crippen molar-refractivity contribution in [3.63, 3.8) is 0 Å². The van der Waals surface area contributed by atoms with Crippen molar-refractivity contribution in [2.75, 3.05) is 13.1 Å². The predicted octanol–water partition coefficient (Wildman–Crippen LogP) is 1.64. The molecule has 2 aromatic rings. The number of aliphatic hydroxyl groups excluding tert-OH is 1. The summed E-state index contributed by atoms with van der Waals surface area (Å²) in [5, 5.41) is 14.0. The van der Waals surface area contributed by atoms with E-state index in [4.69, 9.17) is 0 Å². The normalized spacial score (nSPS) is 18.2. The lowest BCUT2D eigenvalue weighted by Crippen LogP contribution is -2.30. The van der Waals surface area contributed by atoms with E-state index in [0.717, 1.165) is 17.8 Å². The molecule has 1 fully saturated rings. The second-order valence-corrected chi connectivity index (χ2v) is 5.30. The number of aromatic nitrogens is 2. The van der Waals surface area contributed by atoms with Crippen LogP contribution in [-0.2, 0) is 6.42 Å². The van der Waals surface area contributed by atoms with Gasteiger partial charge in [-0.25, -0.2) is 4.68 Å². The fourth-order valence-corrected chi connectivity index (χ4v) is 2.78. The van der Waals surface area contributed by atoms with E-state index in [-0.39, 0.29) is 5.91 Å². The molecule has 0 bridgehead atoms. The smallest absolute Gasteiger partial charge is 0.257 e. The van der Waals surface area contributed by atoms with Gasteiger partial charge in [0.1, 0.15) is 0 Å². The van der Waals surface area contributed by atoms with Crippen LogP contribution in [0.1, 0.15) is 29.4 Å². The maximum Gasteiger partial charge on any atom is 0.257 e. The number of hydrogen-bond acceptors (Lipinski definition) is 3. The number of β-amino-alcohol motifs (C(OH)–C–C–N with tert-alkyl or cyclic N) is 1. The van der Waals surface area contributed by atoms with Crippen LogP contribution in [0.4, 0.5) is 0 Å². The molecule has 1 amide bonds. The molecule has 1 aliphatic rings. The van der Waals surface area contributed by atoms with E-state index in [9.17, 15) is 9.90 Å². The van der Waals surface area contributed by atoms with E-state index in [2.05, 4.69) is 5.10 Å². The maximum atomic E-state index is 12.6. The number of likely N-dealkylation sites (tertiary alicyclic amines) is 1. The van der Waals surface area contributed by atoms with E-state index in [1.807, 2.05) is 41.9 Å². The molecule has 1 aromatic carbocycles. The molecule has 0 radical (unpaired) electrons. The molecule has 110 valence electrons. The number of carbonyl (C=O) groups excluding carboxylic acids is 1. The molecule has 1 saturated heterocycles. The van der Waals surface area contributed by atoms with Crippen LogP contribution in [0.3, 0.4) is 0 Å². The summed E-state index contributed by atoms with van der Waals surface area (Å²) in [6, 6.07) is 9.81. The van der Waals surface area contributed by atoms with Gasteiger partial charge in [-0.05, 0) is 25.0 Å². The van der Waals surface area contributed by atoms with Gasteiger partial charge < -0.3 is 10.0 Å². The van der Waals surface area contributed by atoms with Crippen LogP contribution in [0.15, 0.2) is 36.5 Å². The summed E-state index contributed by atoms with van der Waals surface area (Å²) in [7, 11) is 0. The minimum atomic E-state index is -0.400. The Labute approximate surface area is 123 Å². The molecule has 1 aliphatic heterocycles. The lowest BCUT2D eigenvalue weighted by Gasteiger charge is -2.15. The number of aliphatic hydroxyl groups is 1. The molecule has 5 heteroatoms. The Hall–Kier alpha value is -2.14. The number of carbonyl (C=O) groups is 1. The second kappa shape index (κ2) is 5.69. The zero-order valence-corrected chi connectivity index (χ0v) is 12.1. The van der Waals surface area contributed by atoms with Crippen molar-refractivity contribution < 1.29 is 9.90 Å². The number of rotatable bonds is 3. The Morgan fingerprint density at radius 3 is 2.76 bits per heavy atom. The van der Waals surface area contributed by atoms with Crippen LogP contribution < -0.4 is 0 Å². The van der Waals surface area contributed by atoms with Crippen molar-refractivity contribution in [1.82, 2.24) is 14.7 Å². The van der Waals surface area contributed by atoms with Crippen molar-refractivity contribution in [3.8, 4) is 5.69 Å². The van der Waals surface area contributed by atoms with E-state index >= 15 is 0 Å². The van der Waals surface area contributed by atoms with Gasteiger partial charge in [0.25, 0.3) is 5.91 Å². The molecular weight excluding hydrogens is 266 g/mol. The highest BCUT2D eigenvalue weighted by atomic mass is 16.3. The first-order valence-corrected chi connectivity index (χ1v) is 7.30. The number of amides is 1. The van der Waals surface area contributed by atoms with Crippen LogP contribution in [-0.4, -0.2) is 44.9 Å². The van der Waals surface area contributed by atoms with Crippen LogP contribution >= 0.6 is 0 Å². The van der Waals surface area contributed by atoms with E-state index in [0.29, 0.717) is 25.1 Å². The number of hydrogen-bond donors (Lipinski definition) is 1. The molecule has 0 spiro atoms. The van der Waals surface area contributed by atoms with Crippen LogP contribution in [0.25, 0.3) is 5.69 Å². The highest BCUT2D eigenvalue weighted by Crippen LogP contribution is 2.19. The van der Waals surface area contributed by atoms with Gasteiger partial charge in [0, 0.05) is 13.1 Å². The topological polar surface area (TPSA) is 58.4 Å². The minimum absolute atomic E-state index is 0.0365. The van der Waals surface area contributed by atoms with E-state index in [1.54, 1.807) is 11.1 Å². The SMILES string of the molecule is CCc1c(C(=O)N2CC[C@@H](O)C2)cnn1-c1ccccc1. The lowest BCUT2D eigenvalue weighted by molar-refractivity contribution is 0.0764. The van der Waals surface area contributed by atoms with Gasteiger partial charge in [-0.15, -0.1) is 0 Å². The minimum Gasteiger partial charge on any atom is -0.391 e. The van der Waals surface area contributed by atoms with Gasteiger partial charge in [-0.2, -0.15) is 5.10 Å². The Bertz CT molecular complexity index is 636. The fourth-order valence-electron chi connectivity index (χ4n) is 2.78. The largest absolute Gasteiger partial charge is 0.391 e. The Kier molecular flexibility index (Phi) is 3.75. The Morgan fingerprint density at radius 1 is 1.38 bits per heavy atom. The van der Waals surface area contributed by atoms with Crippen LogP contribution in [0.2, 0.25) is 0 Å². The molecule has 21 heavy (non-hydrogen) atoms. The molecule has 1 N–H and O–H groups in total. The molecule has 0 unspecified atom stereocenters. The number of nitrogens with zero attached hydrogens (tertiary/aromatic N) is 3. The van der Waals surface area contributed by atoms with E-state index in [1.165, 1.54) is 0 Å². The average Bonchev–Trinajstić information content (AvgIpc) is 3.13. The van der Waals surface area contributed by atoms with Crippen LogP contribution in [0.5, 0.6) is 0 Å². The molecule has 1 atom stereocenters. The van der Waals surface area contributed by atoms with Gasteiger partial charge >= 0.3 is 0 Å². The molecule has 1 aromatic heterocycles. The van der Waals surface area contributed by atoms with Crippen molar-refractivity contribution in [2.45, 2.75) is 25.9 Å². The molecule has 0 saturated carbocycles. The van der Waals surface area contributed by atoms with Crippen molar-refractivity contribution in [2.24, 2.45) is 0 Å². The van der Waals surface area contributed by atoms with E-state index < -0.39 is 6.10 Å². The fraction of sp³-hybridized carbons (Fsp3) is 0.375. The monoisotopic (exact) mass is 285 g/mol. The number of benzene rings is 1. The predicted molar refractivity (Wildman–Crippen MR) is 79.5 cm³/mol. The number of para-hydroxylation sites is 1. The zero-order valence-electron chi connectivity index (χ0n) is 12.1. The van der Waals surface area contributed by atoms with Gasteiger partial charge in [0.05, 0.1) is 29.2 Å². The third-order valence-corrected chi connectivity index (χ3v) is 3.89. The third-order valence-electron chi connectivity index (χ3n) is 3.89. The highest BCUT2D eigenvalue weighted by Gasteiger charge is 2.28. The Morgan fingerprint density at radius 2 is 2.14 bits per heavy atom. The highest BCUT2D eigenvalue weighted by molar-refractivity contribution is 5.95. The summed E-state index contributed by atoms with van der Waals surface area (Å²) in [5.41, 5.74) is 2.50. The molecule has 3 rings (SSSR count). The lowest BCUT2D eigenvalue weighted by atomic mass is 10.1. The standard InChI is InChI=1S/C16H19N3O2/c1-2-15-14(16(21)18-9-8-13(20)11-18)10-17-19(15)12-6-4-3-5-7-12/h3-7,10,13,20H,2,8-9,11H2,1H3/t13-/m1/s1. The zero-order chi connectivity index (χ0) is 14.8. The first kappa shape index (κ1) is 13.8. The van der Waals surface area contributed by atoms with Crippen molar-refractivity contribution >= 4 is 5.91 Å². The summed E-state index contributed by atoms with van der Waals surface area (Å²) in [5.74, 6) is -0.0365. The van der Waals surface area contributed by atoms with Crippen molar-refractivity contribution in [1.29, 1.82) is 0 Å². The summed E-state index contributed by atoms with van der Waals surface area (Å²) >= 11 is 0. The van der Waals surface area contributed by atoms with Crippen LogP contribution in [0, 0.1) is 0 Å². The van der Waals surface area contributed by atoms with Crippen molar-refractivity contribution in [3.05, 3.63) is 47.8 Å². The third kappa shape index (κ3) is 2.56. The van der Waals surface area contributed by atoms with Gasteiger partial charge in [-0.1, -0.05) is 25.1 Å². The molecule has 0 aliphatic carbocycles. The second-order valence-electron chi connectivity index (χ2n) is 5.30. The summed E-state index contributed by atoms with van der Waals surface area (Å²) in [6.45, 7) is 3.05. The summed E-state index contributed by atoms with van der Waals surface area (Å²) in [4.78, 5) is 14.3. The van der Waals surface area contributed by atoms with Gasteiger partial charge in [0.2, 0.25) is 0 Å². The maximum absolute atomic E-state index is 12.6. The summed E-state index contributed by atoms with van der Waals surface area (Å²) in [6.07, 6.45) is 2.62. The molecule has 2 heterocycles.